The Balaban J connectivity index is 1.38. The van der Waals surface area contributed by atoms with Crippen molar-refractivity contribution in [2.24, 2.45) is 5.92 Å². The number of rotatable bonds is 4. The van der Waals surface area contributed by atoms with E-state index in [-0.39, 0.29) is 11.8 Å². The molecule has 146 valence electrons. The van der Waals surface area contributed by atoms with Crippen LogP contribution in [0.1, 0.15) is 22.9 Å². The molecule has 0 aliphatic heterocycles. The molecule has 0 saturated heterocycles. The fourth-order valence-electron chi connectivity index (χ4n) is 4.28. The standard InChI is InChI=1S/C23H19Cl2N3O/c1-12-5-14(7-16(24)6-12)21-22-20(9-23(21,22)29)28-17-3-4-19(25)18(8-17)15-10-26-13(2)27-11-15/h3-11,21-22,28-29H,1-2H3. The molecule has 4 nitrogen and oxygen atoms in total. The van der Waals surface area contributed by atoms with E-state index in [4.69, 9.17) is 23.2 Å². The molecule has 0 bridgehead atoms. The summed E-state index contributed by atoms with van der Waals surface area (Å²) in [5.74, 6) is 0.816. The second-order valence-corrected chi connectivity index (χ2v) is 8.69. The minimum absolute atomic E-state index is 0.0414. The molecule has 2 aromatic carbocycles. The summed E-state index contributed by atoms with van der Waals surface area (Å²) in [7, 11) is 0. The zero-order chi connectivity index (χ0) is 20.3. The Morgan fingerprint density at radius 1 is 1.00 bits per heavy atom. The number of hydrogen-bond acceptors (Lipinski definition) is 4. The van der Waals surface area contributed by atoms with Gasteiger partial charge in [0, 0.05) is 56.8 Å². The third kappa shape index (κ3) is 3.12. The molecule has 5 rings (SSSR count). The maximum Gasteiger partial charge on any atom is 0.125 e. The number of nitrogens with one attached hydrogen (secondary N) is 1. The molecule has 1 heterocycles. The Kier molecular flexibility index (Phi) is 4.21. The molecule has 2 aliphatic rings. The van der Waals surface area contributed by atoms with Crippen LogP contribution in [0.2, 0.25) is 10.0 Å². The van der Waals surface area contributed by atoms with Gasteiger partial charge in [-0.2, -0.15) is 0 Å². The SMILES string of the molecule is Cc1cc(Cl)cc(C2C3C(Nc4ccc(Cl)c(-c5cnc(C)nc5)c4)=CC32O)c1. The van der Waals surface area contributed by atoms with Crippen molar-refractivity contribution in [2.75, 3.05) is 5.32 Å². The minimum atomic E-state index is -0.778. The van der Waals surface area contributed by atoms with Crippen molar-refractivity contribution >= 4 is 28.9 Å². The minimum Gasteiger partial charge on any atom is -0.384 e. The van der Waals surface area contributed by atoms with Crippen molar-refractivity contribution in [2.45, 2.75) is 25.4 Å². The Labute approximate surface area is 179 Å². The van der Waals surface area contributed by atoms with E-state index in [1.165, 1.54) is 0 Å². The average molecular weight is 424 g/mol. The molecule has 0 radical (unpaired) electrons. The van der Waals surface area contributed by atoms with Gasteiger partial charge in [-0.1, -0.05) is 29.3 Å². The summed E-state index contributed by atoms with van der Waals surface area (Å²) in [6.45, 7) is 3.86. The first-order valence-corrected chi connectivity index (χ1v) is 10.2. The van der Waals surface area contributed by atoms with Crippen molar-refractivity contribution in [1.29, 1.82) is 0 Å². The molecule has 1 saturated carbocycles. The van der Waals surface area contributed by atoms with Gasteiger partial charge in [0.1, 0.15) is 11.4 Å². The molecule has 1 fully saturated rings. The van der Waals surface area contributed by atoms with Crippen LogP contribution in [0.25, 0.3) is 11.1 Å². The summed E-state index contributed by atoms with van der Waals surface area (Å²) < 4.78 is 0. The summed E-state index contributed by atoms with van der Waals surface area (Å²) in [4.78, 5) is 8.51. The van der Waals surface area contributed by atoms with Gasteiger partial charge in [0.05, 0.1) is 0 Å². The van der Waals surface area contributed by atoms with Gasteiger partial charge in [0.25, 0.3) is 0 Å². The van der Waals surface area contributed by atoms with Crippen LogP contribution in [0.4, 0.5) is 5.69 Å². The molecule has 2 aliphatic carbocycles. The van der Waals surface area contributed by atoms with Gasteiger partial charge >= 0.3 is 0 Å². The highest BCUT2D eigenvalue weighted by Gasteiger charge is 2.71. The average Bonchev–Trinajstić information content (AvgIpc) is 3.17. The molecule has 2 N–H and O–H groups in total. The van der Waals surface area contributed by atoms with Crippen LogP contribution in [0.15, 0.2) is 60.6 Å². The Bertz CT molecular complexity index is 1140. The van der Waals surface area contributed by atoms with E-state index in [9.17, 15) is 5.11 Å². The van der Waals surface area contributed by atoms with Crippen LogP contribution in [-0.2, 0) is 0 Å². The van der Waals surface area contributed by atoms with Crippen LogP contribution < -0.4 is 5.32 Å². The topological polar surface area (TPSA) is 58.0 Å². The normalized spacial score (nSPS) is 24.4. The third-order valence-corrected chi connectivity index (χ3v) is 6.26. The molecule has 6 heteroatoms. The van der Waals surface area contributed by atoms with Gasteiger partial charge in [0.2, 0.25) is 0 Å². The van der Waals surface area contributed by atoms with Gasteiger partial charge in [-0.3, -0.25) is 0 Å². The fraction of sp³-hybridized carbons (Fsp3) is 0.217. The maximum atomic E-state index is 10.8. The van der Waals surface area contributed by atoms with E-state index >= 15 is 0 Å². The maximum absolute atomic E-state index is 10.8. The molecule has 0 amide bonds. The van der Waals surface area contributed by atoms with E-state index in [0.717, 1.165) is 33.6 Å². The predicted molar refractivity (Wildman–Crippen MR) is 116 cm³/mol. The number of aromatic nitrogens is 2. The molecule has 3 unspecified atom stereocenters. The highest BCUT2D eigenvalue weighted by Crippen LogP contribution is 2.68. The summed E-state index contributed by atoms with van der Waals surface area (Å²) in [6, 6.07) is 11.7. The Morgan fingerprint density at radius 2 is 1.76 bits per heavy atom. The Morgan fingerprint density at radius 3 is 2.48 bits per heavy atom. The number of hydrogen-bond donors (Lipinski definition) is 2. The van der Waals surface area contributed by atoms with Gasteiger partial charge < -0.3 is 10.4 Å². The lowest BCUT2D eigenvalue weighted by Crippen LogP contribution is -2.23. The molecular weight excluding hydrogens is 405 g/mol. The first-order chi connectivity index (χ1) is 13.8. The van der Waals surface area contributed by atoms with E-state index in [1.54, 1.807) is 12.4 Å². The summed E-state index contributed by atoms with van der Waals surface area (Å²) in [5.41, 5.74) is 5.05. The van der Waals surface area contributed by atoms with Crippen molar-refractivity contribution in [3.8, 4) is 11.1 Å². The molecule has 1 aromatic heterocycles. The van der Waals surface area contributed by atoms with Gasteiger partial charge in [0.15, 0.2) is 0 Å². The molecule has 0 spiro atoms. The summed E-state index contributed by atoms with van der Waals surface area (Å²) in [6.07, 6.45) is 5.45. The molecule has 29 heavy (non-hydrogen) atoms. The van der Waals surface area contributed by atoms with Crippen molar-refractivity contribution < 1.29 is 5.11 Å². The third-order valence-electron chi connectivity index (χ3n) is 5.71. The zero-order valence-electron chi connectivity index (χ0n) is 15.9. The smallest absolute Gasteiger partial charge is 0.125 e. The quantitative estimate of drug-likeness (QED) is 0.579. The van der Waals surface area contributed by atoms with Crippen LogP contribution in [0.3, 0.4) is 0 Å². The number of aliphatic hydroxyl groups is 1. The predicted octanol–water partition coefficient (Wildman–Crippen LogP) is 5.52. The van der Waals surface area contributed by atoms with E-state index < -0.39 is 5.60 Å². The molecular formula is C23H19Cl2N3O. The number of fused-ring (bicyclic) bond motifs is 1. The lowest BCUT2D eigenvalue weighted by Gasteiger charge is -2.21. The van der Waals surface area contributed by atoms with Crippen molar-refractivity contribution in [3.05, 3.63) is 87.6 Å². The van der Waals surface area contributed by atoms with Gasteiger partial charge in [-0.05, 0) is 61.4 Å². The van der Waals surface area contributed by atoms with Gasteiger partial charge in [-0.15, -0.1) is 0 Å². The van der Waals surface area contributed by atoms with Crippen LogP contribution in [0, 0.1) is 19.8 Å². The van der Waals surface area contributed by atoms with Crippen molar-refractivity contribution in [3.63, 3.8) is 0 Å². The monoisotopic (exact) mass is 423 g/mol. The van der Waals surface area contributed by atoms with Crippen LogP contribution >= 0.6 is 23.2 Å². The van der Waals surface area contributed by atoms with Crippen LogP contribution in [-0.4, -0.2) is 20.7 Å². The van der Waals surface area contributed by atoms with Crippen LogP contribution in [0.5, 0.6) is 0 Å². The van der Waals surface area contributed by atoms with E-state index in [1.807, 2.05) is 50.3 Å². The highest BCUT2D eigenvalue weighted by molar-refractivity contribution is 6.33. The number of anilines is 1. The zero-order valence-corrected chi connectivity index (χ0v) is 17.5. The second kappa shape index (κ2) is 6.56. The van der Waals surface area contributed by atoms with Crippen molar-refractivity contribution in [1.82, 2.24) is 9.97 Å². The lowest BCUT2D eigenvalue weighted by molar-refractivity contribution is 0.167. The fourth-order valence-corrected chi connectivity index (χ4v) is 4.81. The largest absolute Gasteiger partial charge is 0.384 e. The first-order valence-electron chi connectivity index (χ1n) is 9.43. The number of halogens is 2. The first kappa shape index (κ1) is 18.6. The van der Waals surface area contributed by atoms with Gasteiger partial charge in [-0.25, -0.2) is 9.97 Å². The number of benzene rings is 2. The molecule has 3 aromatic rings. The van der Waals surface area contributed by atoms with E-state index in [2.05, 4.69) is 21.4 Å². The Hall–Kier alpha value is -2.40. The molecule has 3 atom stereocenters. The number of nitrogens with zero attached hydrogens (tertiary/aromatic N) is 2. The highest BCUT2D eigenvalue weighted by atomic mass is 35.5. The summed E-state index contributed by atoms with van der Waals surface area (Å²) >= 11 is 12.6. The lowest BCUT2D eigenvalue weighted by atomic mass is 10.0. The summed E-state index contributed by atoms with van der Waals surface area (Å²) in [5, 5.41) is 15.6. The van der Waals surface area contributed by atoms with E-state index in [0.29, 0.717) is 15.9 Å². The second-order valence-electron chi connectivity index (χ2n) is 7.84. The number of aryl methyl sites for hydroxylation is 2.